The van der Waals surface area contributed by atoms with E-state index >= 15 is 0 Å². The van der Waals surface area contributed by atoms with Crippen LogP contribution in [0.15, 0.2) is 40.2 Å². The Kier molecular flexibility index (Phi) is 4.02. The minimum Gasteiger partial charge on any atom is -0.380 e. The Morgan fingerprint density at radius 1 is 1.25 bits per heavy atom. The largest absolute Gasteiger partial charge is 0.380 e. The van der Waals surface area contributed by atoms with Gasteiger partial charge in [0.05, 0.1) is 6.54 Å². The van der Waals surface area contributed by atoms with Crippen LogP contribution in [-0.2, 0) is 13.0 Å². The number of hydrogen-bond acceptors (Lipinski definition) is 2. The molecule has 3 heteroatoms. The monoisotopic (exact) mass is 295 g/mol. The van der Waals surface area contributed by atoms with Crippen molar-refractivity contribution in [2.75, 3.05) is 5.32 Å². The maximum atomic E-state index is 3.55. The molecule has 1 nitrogen and oxygen atoms in total. The van der Waals surface area contributed by atoms with E-state index in [0.717, 1.165) is 13.0 Å². The average molecular weight is 296 g/mol. The maximum Gasteiger partial charge on any atom is 0.0505 e. The number of para-hydroxylation sites is 1. The lowest BCUT2D eigenvalue weighted by Crippen LogP contribution is -2.00. The molecule has 0 bridgehead atoms. The summed E-state index contributed by atoms with van der Waals surface area (Å²) in [7, 11) is 0. The lowest BCUT2D eigenvalue weighted by Gasteiger charge is -2.09. The van der Waals surface area contributed by atoms with Crippen LogP contribution in [0.4, 0.5) is 5.69 Å². The number of nitrogens with one attached hydrogen (secondary N) is 1. The first-order chi connectivity index (χ1) is 7.81. The van der Waals surface area contributed by atoms with Gasteiger partial charge in [0, 0.05) is 15.0 Å². The van der Waals surface area contributed by atoms with Crippen molar-refractivity contribution in [3.63, 3.8) is 0 Å². The minimum absolute atomic E-state index is 0.884. The van der Waals surface area contributed by atoms with E-state index < -0.39 is 0 Å². The van der Waals surface area contributed by atoms with Crippen LogP contribution >= 0.6 is 27.3 Å². The van der Waals surface area contributed by atoms with Gasteiger partial charge in [-0.05, 0) is 45.4 Å². The molecule has 0 saturated heterocycles. The summed E-state index contributed by atoms with van der Waals surface area (Å²) < 4.78 is 1.19. The maximum absolute atomic E-state index is 3.55. The number of aryl methyl sites for hydroxylation is 1. The summed E-state index contributed by atoms with van der Waals surface area (Å²) >= 11 is 5.32. The lowest BCUT2D eigenvalue weighted by atomic mass is 10.1. The van der Waals surface area contributed by atoms with E-state index in [1.807, 2.05) is 0 Å². The Hall–Kier alpha value is -0.800. The normalized spacial score (nSPS) is 10.4. The highest BCUT2D eigenvalue weighted by molar-refractivity contribution is 9.10. The number of anilines is 1. The van der Waals surface area contributed by atoms with Crippen LogP contribution in [-0.4, -0.2) is 0 Å². The highest BCUT2D eigenvalue weighted by Gasteiger charge is 2.02. The van der Waals surface area contributed by atoms with Crippen LogP contribution in [0.3, 0.4) is 0 Å². The fourth-order valence-electron chi connectivity index (χ4n) is 1.63. The molecule has 0 radical (unpaired) electrons. The van der Waals surface area contributed by atoms with Gasteiger partial charge in [-0.3, -0.25) is 0 Å². The Bertz CT molecular complexity index is 464. The van der Waals surface area contributed by atoms with Crippen LogP contribution in [0.2, 0.25) is 0 Å². The van der Waals surface area contributed by atoms with Crippen molar-refractivity contribution in [2.24, 2.45) is 0 Å². The Labute approximate surface area is 109 Å². The summed E-state index contributed by atoms with van der Waals surface area (Å²) in [6.07, 6.45) is 1.06. The van der Waals surface area contributed by atoms with Gasteiger partial charge < -0.3 is 5.32 Å². The molecule has 0 aliphatic rings. The lowest BCUT2D eigenvalue weighted by molar-refractivity contribution is 1.10. The average Bonchev–Trinajstić information content (AvgIpc) is 2.72. The van der Waals surface area contributed by atoms with Gasteiger partial charge in [0.1, 0.15) is 0 Å². The van der Waals surface area contributed by atoms with Crippen LogP contribution in [0.1, 0.15) is 17.4 Å². The predicted octanol–water partition coefficient (Wildman–Crippen LogP) is 4.69. The first kappa shape index (κ1) is 11.7. The summed E-state index contributed by atoms with van der Waals surface area (Å²) in [5.41, 5.74) is 2.61. The van der Waals surface area contributed by atoms with E-state index in [1.165, 1.54) is 20.6 Å². The van der Waals surface area contributed by atoms with E-state index in [1.54, 1.807) is 11.3 Å². The van der Waals surface area contributed by atoms with E-state index in [0.29, 0.717) is 0 Å². The zero-order valence-corrected chi connectivity index (χ0v) is 11.6. The van der Waals surface area contributed by atoms with E-state index in [9.17, 15) is 0 Å². The number of benzene rings is 1. The second-order valence-electron chi connectivity index (χ2n) is 3.56. The number of rotatable bonds is 4. The zero-order chi connectivity index (χ0) is 11.4. The van der Waals surface area contributed by atoms with Crippen molar-refractivity contribution < 1.29 is 0 Å². The van der Waals surface area contributed by atoms with Crippen molar-refractivity contribution in [3.8, 4) is 0 Å². The molecule has 84 valence electrons. The van der Waals surface area contributed by atoms with Gasteiger partial charge in [0.15, 0.2) is 0 Å². The summed E-state index contributed by atoms with van der Waals surface area (Å²) in [5.74, 6) is 0. The molecule has 0 unspecified atom stereocenters. The molecule has 16 heavy (non-hydrogen) atoms. The third-order valence-electron chi connectivity index (χ3n) is 2.53. The zero-order valence-electron chi connectivity index (χ0n) is 9.16. The molecule has 1 N–H and O–H groups in total. The highest BCUT2D eigenvalue weighted by atomic mass is 79.9. The number of thiophene rings is 1. The molecule has 0 fully saturated rings. The van der Waals surface area contributed by atoms with Crippen molar-refractivity contribution in [1.29, 1.82) is 0 Å². The second-order valence-corrected chi connectivity index (χ2v) is 5.41. The van der Waals surface area contributed by atoms with Crippen LogP contribution < -0.4 is 5.32 Å². The van der Waals surface area contributed by atoms with Gasteiger partial charge in [-0.15, -0.1) is 11.3 Å². The fraction of sp³-hybridized carbons (Fsp3) is 0.231. The standard InChI is InChI=1S/C13H14BrNS/c1-2-10-5-3-4-6-12(10)15-9-13-11(14)7-8-16-13/h3-8,15H,2,9H2,1H3. The molecule has 2 aromatic rings. The van der Waals surface area contributed by atoms with Gasteiger partial charge in [0.25, 0.3) is 0 Å². The van der Waals surface area contributed by atoms with E-state index in [-0.39, 0.29) is 0 Å². The predicted molar refractivity (Wildman–Crippen MR) is 75.2 cm³/mol. The third kappa shape index (κ3) is 2.66. The summed E-state index contributed by atoms with van der Waals surface area (Å²) in [6.45, 7) is 3.07. The molecule has 0 atom stereocenters. The molecule has 1 aromatic heterocycles. The summed E-state index contributed by atoms with van der Waals surface area (Å²) in [4.78, 5) is 1.34. The minimum atomic E-state index is 0.884. The Morgan fingerprint density at radius 2 is 2.06 bits per heavy atom. The quantitative estimate of drug-likeness (QED) is 0.863. The molecular weight excluding hydrogens is 282 g/mol. The van der Waals surface area contributed by atoms with Crippen molar-refractivity contribution >= 4 is 33.0 Å². The van der Waals surface area contributed by atoms with Gasteiger partial charge in [-0.25, -0.2) is 0 Å². The Balaban J connectivity index is 2.07. The number of hydrogen-bond donors (Lipinski definition) is 1. The second kappa shape index (κ2) is 5.51. The highest BCUT2D eigenvalue weighted by Crippen LogP contribution is 2.24. The molecular formula is C13H14BrNS. The summed E-state index contributed by atoms with van der Waals surface area (Å²) in [5, 5.41) is 5.59. The van der Waals surface area contributed by atoms with Gasteiger partial charge in [-0.2, -0.15) is 0 Å². The van der Waals surface area contributed by atoms with E-state index in [4.69, 9.17) is 0 Å². The number of halogens is 1. The molecule has 0 aliphatic carbocycles. The molecule has 2 rings (SSSR count). The molecule has 0 amide bonds. The van der Waals surface area contributed by atoms with E-state index in [2.05, 4.69) is 63.9 Å². The first-order valence-corrected chi connectivity index (χ1v) is 7.02. The van der Waals surface area contributed by atoms with Gasteiger partial charge in [0.2, 0.25) is 0 Å². The third-order valence-corrected chi connectivity index (χ3v) is 4.46. The SMILES string of the molecule is CCc1ccccc1NCc1sccc1Br. The van der Waals surface area contributed by atoms with Crippen molar-refractivity contribution in [1.82, 2.24) is 0 Å². The van der Waals surface area contributed by atoms with Crippen LogP contribution in [0.5, 0.6) is 0 Å². The summed E-state index contributed by atoms with van der Waals surface area (Å²) in [6, 6.07) is 10.6. The fourth-order valence-corrected chi connectivity index (χ4v) is 3.06. The smallest absolute Gasteiger partial charge is 0.0505 e. The Morgan fingerprint density at radius 3 is 2.75 bits per heavy atom. The van der Waals surface area contributed by atoms with Crippen molar-refractivity contribution in [2.45, 2.75) is 19.9 Å². The van der Waals surface area contributed by atoms with Gasteiger partial charge in [-0.1, -0.05) is 25.1 Å². The molecule has 0 saturated carbocycles. The van der Waals surface area contributed by atoms with Gasteiger partial charge >= 0.3 is 0 Å². The molecule has 1 aromatic carbocycles. The first-order valence-electron chi connectivity index (χ1n) is 5.35. The molecule has 1 heterocycles. The van der Waals surface area contributed by atoms with Crippen molar-refractivity contribution in [3.05, 3.63) is 50.6 Å². The molecule has 0 aliphatic heterocycles. The van der Waals surface area contributed by atoms with Crippen LogP contribution in [0, 0.1) is 0 Å². The molecule has 0 spiro atoms. The van der Waals surface area contributed by atoms with Crippen LogP contribution in [0.25, 0.3) is 0 Å². The topological polar surface area (TPSA) is 12.0 Å².